The van der Waals surface area contributed by atoms with Gasteiger partial charge in [0.1, 0.15) is 0 Å². The maximum Gasteiger partial charge on any atom is 0.237 e. The Labute approximate surface area is 110 Å². The molecule has 2 atom stereocenters. The van der Waals surface area contributed by atoms with Crippen LogP contribution in [0.1, 0.15) is 45.4 Å². The lowest BCUT2D eigenvalue weighted by atomic mass is 10.1. The van der Waals surface area contributed by atoms with Gasteiger partial charge in [0.05, 0.1) is 6.04 Å². The first-order chi connectivity index (χ1) is 8.77. The second-order valence-electron chi connectivity index (χ2n) is 5.68. The lowest BCUT2D eigenvalue weighted by Crippen LogP contribution is -2.52. The van der Waals surface area contributed by atoms with Crippen molar-refractivity contribution in [3.8, 4) is 0 Å². The first-order valence-electron chi connectivity index (χ1n) is 7.52. The summed E-state index contributed by atoms with van der Waals surface area (Å²) in [5.41, 5.74) is 0. The van der Waals surface area contributed by atoms with Crippen LogP contribution in [0.5, 0.6) is 0 Å². The SMILES string of the molecule is CC(C(=O)NC1CCCNC1)N1CCCCCC1. The first kappa shape index (κ1) is 13.8. The van der Waals surface area contributed by atoms with E-state index in [-0.39, 0.29) is 11.9 Å². The summed E-state index contributed by atoms with van der Waals surface area (Å²) in [4.78, 5) is 14.6. The van der Waals surface area contributed by atoms with Gasteiger partial charge in [0.2, 0.25) is 5.91 Å². The van der Waals surface area contributed by atoms with Gasteiger partial charge in [0.15, 0.2) is 0 Å². The Morgan fingerprint density at radius 3 is 2.56 bits per heavy atom. The average molecular weight is 253 g/mol. The largest absolute Gasteiger partial charge is 0.351 e. The molecule has 104 valence electrons. The zero-order valence-corrected chi connectivity index (χ0v) is 11.6. The Morgan fingerprint density at radius 2 is 1.94 bits per heavy atom. The van der Waals surface area contributed by atoms with Crippen LogP contribution in [0.15, 0.2) is 0 Å². The second-order valence-corrected chi connectivity index (χ2v) is 5.68. The number of nitrogens with zero attached hydrogens (tertiary/aromatic N) is 1. The van der Waals surface area contributed by atoms with Crippen LogP contribution in [0.3, 0.4) is 0 Å². The fourth-order valence-corrected chi connectivity index (χ4v) is 2.95. The first-order valence-corrected chi connectivity index (χ1v) is 7.52. The van der Waals surface area contributed by atoms with Gasteiger partial charge in [-0.3, -0.25) is 9.69 Å². The minimum absolute atomic E-state index is 0.0324. The van der Waals surface area contributed by atoms with Crippen molar-refractivity contribution < 1.29 is 4.79 Å². The molecule has 2 saturated heterocycles. The van der Waals surface area contributed by atoms with Gasteiger partial charge in [-0.25, -0.2) is 0 Å². The van der Waals surface area contributed by atoms with Crippen molar-refractivity contribution in [1.29, 1.82) is 0 Å². The van der Waals surface area contributed by atoms with E-state index in [1.54, 1.807) is 0 Å². The number of hydrogen-bond donors (Lipinski definition) is 2. The van der Waals surface area contributed by atoms with Crippen molar-refractivity contribution in [3.05, 3.63) is 0 Å². The van der Waals surface area contributed by atoms with Gasteiger partial charge in [-0.2, -0.15) is 0 Å². The van der Waals surface area contributed by atoms with E-state index >= 15 is 0 Å². The minimum Gasteiger partial charge on any atom is -0.351 e. The van der Waals surface area contributed by atoms with E-state index in [1.807, 2.05) is 0 Å². The van der Waals surface area contributed by atoms with Crippen molar-refractivity contribution in [3.63, 3.8) is 0 Å². The van der Waals surface area contributed by atoms with Crippen LogP contribution in [0, 0.1) is 0 Å². The van der Waals surface area contributed by atoms with E-state index in [1.165, 1.54) is 32.1 Å². The predicted molar refractivity (Wildman–Crippen MR) is 73.5 cm³/mol. The highest BCUT2D eigenvalue weighted by Gasteiger charge is 2.24. The van der Waals surface area contributed by atoms with Crippen LogP contribution in [0.4, 0.5) is 0 Å². The molecule has 18 heavy (non-hydrogen) atoms. The highest BCUT2D eigenvalue weighted by molar-refractivity contribution is 5.81. The van der Waals surface area contributed by atoms with Crippen molar-refractivity contribution in [1.82, 2.24) is 15.5 Å². The van der Waals surface area contributed by atoms with Crippen LogP contribution in [-0.4, -0.2) is 49.1 Å². The average Bonchev–Trinajstić information content (AvgIpc) is 2.68. The number of nitrogens with one attached hydrogen (secondary N) is 2. The molecule has 0 radical (unpaired) electrons. The monoisotopic (exact) mass is 253 g/mol. The van der Waals surface area contributed by atoms with Gasteiger partial charge >= 0.3 is 0 Å². The summed E-state index contributed by atoms with van der Waals surface area (Å²) in [5.74, 6) is 0.214. The van der Waals surface area contributed by atoms with Gasteiger partial charge in [-0.05, 0) is 52.2 Å². The summed E-state index contributed by atoms with van der Waals surface area (Å²) in [6.07, 6.45) is 7.40. The molecule has 2 unspecified atom stereocenters. The molecule has 4 heteroatoms. The summed E-state index contributed by atoms with van der Waals surface area (Å²) in [5, 5.41) is 6.53. The van der Waals surface area contributed by atoms with Crippen LogP contribution in [0.25, 0.3) is 0 Å². The molecule has 2 heterocycles. The molecule has 0 saturated carbocycles. The molecule has 0 aromatic carbocycles. The zero-order chi connectivity index (χ0) is 12.8. The van der Waals surface area contributed by atoms with Gasteiger partial charge in [0.25, 0.3) is 0 Å². The Morgan fingerprint density at radius 1 is 1.22 bits per heavy atom. The molecule has 1 amide bonds. The predicted octanol–water partition coefficient (Wildman–Crippen LogP) is 1.12. The maximum absolute atomic E-state index is 12.2. The van der Waals surface area contributed by atoms with Gasteiger partial charge in [-0.1, -0.05) is 12.8 Å². The van der Waals surface area contributed by atoms with E-state index in [4.69, 9.17) is 0 Å². The molecule has 2 aliphatic heterocycles. The van der Waals surface area contributed by atoms with E-state index < -0.39 is 0 Å². The molecule has 0 aromatic heterocycles. The Kier molecular flexibility index (Phi) is 5.45. The highest BCUT2D eigenvalue weighted by atomic mass is 16.2. The molecule has 0 aliphatic carbocycles. The molecule has 2 N–H and O–H groups in total. The molecular formula is C14H27N3O. The Bertz CT molecular complexity index is 256. The second kappa shape index (κ2) is 7.10. The van der Waals surface area contributed by atoms with Gasteiger partial charge < -0.3 is 10.6 Å². The van der Waals surface area contributed by atoms with E-state index in [9.17, 15) is 4.79 Å². The maximum atomic E-state index is 12.2. The summed E-state index contributed by atoms with van der Waals surface area (Å²) in [6.45, 7) is 6.23. The lowest BCUT2D eigenvalue weighted by molar-refractivity contribution is -0.126. The van der Waals surface area contributed by atoms with Crippen molar-refractivity contribution in [2.24, 2.45) is 0 Å². The molecule has 2 rings (SSSR count). The number of carbonyl (C=O) groups is 1. The van der Waals surface area contributed by atoms with Crippen LogP contribution in [0.2, 0.25) is 0 Å². The fraction of sp³-hybridized carbons (Fsp3) is 0.929. The normalized spacial score (nSPS) is 28.4. The van der Waals surface area contributed by atoms with Crippen LogP contribution < -0.4 is 10.6 Å². The smallest absolute Gasteiger partial charge is 0.237 e. The molecule has 2 aliphatic rings. The van der Waals surface area contributed by atoms with Gasteiger partial charge in [-0.15, -0.1) is 0 Å². The van der Waals surface area contributed by atoms with E-state index in [0.717, 1.165) is 32.6 Å². The molecule has 4 nitrogen and oxygen atoms in total. The number of likely N-dealkylation sites (tertiary alicyclic amines) is 1. The third kappa shape index (κ3) is 3.95. The molecule has 0 aromatic rings. The summed E-state index contributed by atoms with van der Waals surface area (Å²) >= 11 is 0. The summed E-state index contributed by atoms with van der Waals surface area (Å²) in [7, 11) is 0. The number of amides is 1. The van der Waals surface area contributed by atoms with Gasteiger partial charge in [0, 0.05) is 12.6 Å². The quantitative estimate of drug-likeness (QED) is 0.792. The Hall–Kier alpha value is -0.610. The summed E-state index contributed by atoms with van der Waals surface area (Å²) < 4.78 is 0. The fourth-order valence-electron chi connectivity index (χ4n) is 2.95. The number of carbonyl (C=O) groups excluding carboxylic acids is 1. The van der Waals surface area contributed by atoms with Crippen LogP contribution in [-0.2, 0) is 4.79 Å². The number of rotatable bonds is 3. The lowest BCUT2D eigenvalue weighted by Gasteiger charge is -2.30. The van der Waals surface area contributed by atoms with Crippen molar-refractivity contribution in [2.45, 2.75) is 57.5 Å². The van der Waals surface area contributed by atoms with E-state index in [2.05, 4.69) is 22.5 Å². The zero-order valence-electron chi connectivity index (χ0n) is 11.6. The number of hydrogen-bond acceptors (Lipinski definition) is 3. The minimum atomic E-state index is 0.0324. The third-order valence-electron chi connectivity index (χ3n) is 4.21. The third-order valence-corrected chi connectivity index (χ3v) is 4.21. The highest BCUT2D eigenvalue weighted by Crippen LogP contribution is 2.13. The van der Waals surface area contributed by atoms with Crippen LogP contribution >= 0.6 is 0 Å². The molecule has 0 bridgehead atoms. The van der Waals surface area contributed by atoms with Crippen molar-refractivity contribution >= 4 is 5.91 Å². The molecule has 2 fully saturated rings. The topological polar surface area (TPSA) is 44.4 Å². The van der Waals surface area contributed by atoms with Crippen molar-refractivity contribution in [2.75, 3.05) is 26.2 Å². The molecular weight excluding hydrogens is 226 g/mol. The Balaban J connectivity index is 1.79. The van der Waals surface area contributed by atoms with E-state index in [0.29, 0.717) is 6.04 Å². The number of piperidine rings is 1. The standard InChI is InChI=1S/C14H27N3O/c1-12(17-9-4-2-3-5-10-17)14(18)16-13-7-6-8-15-11-13/h12-13,15H,2-11H2,1H3,(H,16,18). The summed E-state index contributed by atoms with van der Waals surface area (Å²) in [6, 6.07) is 0.366. The molecule has 0 spiro atoms.